The number of nitrogens with one attached hydrogen (secondary N) is 4. The molecule has 0 aliphatic heterocycles. The van der Waals surface area contributed by atoms with E-state index in [1.54, 1.807) is 13.1 Å². The van der Waals surface area contributed by atoms with Crippen LogP contribution in [0.2, 0.25) is 0 Å². The van der Waals surface area contributed by atoms with E-state index in [0.717, 1.165) is 5.69 Å². The molecular weight excluding hydrogens is 290 g/mol. The average Bonchev–Trinajstić information content (AvgIpc) is 2.52. The molecule has 0 fully saturated rings. The molecule has 0 aliphatic rings. The Morgan fingerprint density at radius 1 is 1.09 bits per heavy atom. The van der Waals surface area contributed by atoms with Gasteiger partial charge in [-0.05, 0) is 32.1 Å². The van der Waals surface area contributed by atoms with E-state index in [4.69, 9.17) is 5.41 Å². The summed E-state index contributed by atoms with van der Waals surface area (Å²) in [6.07, 6.45) is 2.79. The fourth-order valence-electron chi connectivity index (χ4n) is 1.88. The molecule has 0 amide bonds. The van der Waals surface area contributed by atoms with E-state index in [0.29, 0.717) is 23.4 Å². The van der Waals surface area contributed by atoms with E-state index < -0.39 is 0 Å². The maximum atomic E-state index is 7.24. The zero-order valence-electron chi connectivity index (χ0n) is 13.5. The molecule has 1 aromatic carbocycles. The number of aromatic nitrogens is 3. The third kappa shape index (κ3) is 4.77. The predicted octanol–water partition coefficient (Wildman–Crippen LogP) is 2.65. The lowest BCUT2D eigenvalue weighted by Gasteiger charge is -2.13. The zero-order valence-corrected chi connectivity index (χ0v) is 13.5. The molecule has 7 nitrogen and oxygen atoms in total. The molecule has 1 heterocycles. The van der Waals surface area contributed by atoms with Crippen LogP contribution in [0.15, 0.2) is 36.4 Å². The van der Waals surface area contributed by atoms with Crippen molar-refractivity contribution in [2.45, 2.75) is 19.9 Å². The first-order valence-electron chi connectivity index (χ1n) is 7.36. The van der Waals surface area contributed by atoms with Gasteiger partial charge in [0.05, 0.1) is 5.70 Å². The quantitative estimate of drug-likeness (QED) is 0.587. The van der Waals surface area contributed by atoms with Gasteiger partial charge in [-0.25, -0.2) is 0 Å². The van der Waals surface area contributed by atoms with Crippen molar-refractivity contribution in [3.63, 3.8) is 0 Å². The highest BCUT2D eigenvalue weighted by Crippen LogP contribution is 2.16. The Hall–Kier alpha value is -2.96. The van der Waals surface area contributed by atoms with Crippen molar-refractivity contribution >= 4 is 29.5 Å². The molecule has 2 aromatic rings. The fraction of sp³-hybridized carbons (Fsp3) is 0.250. The smallest absolute Gasteiger partial charge is 0.232 e. The number of hydrogen-bond donors (Lipinski definition) is 4. The second kappa shape index (κ2) is 7.88. The summed E-state index contributed by atoms with van der Waals surface area (Å²) in [7, 11) is 1.76. The third-order valence-corrected chi connectivity index (χ3v) is 2.84. The molecular formula is C16H21N7. The third-order valence-electron chi connectivity index (χ3n) is 2.84. The van der Waals surface area contributed by atoms with Crippen LogP contribution in [0.4, 0.5) is 17.6 Å². The SMILES string of the molecule is CN/C(=C\C=N)c1nc(Nc2ccccc2)nc(NC(C)C)n1. The first-order chi connectivity index (χ1) is 11.1. The van der Waals surface area contributed by atoms with Crippen LogP contribution < -0.4 is 16.0 Å². The standard InChI is InChI=1S/C16H21N7/c1-11(2)19-15-21-14(13(18-3)9-10-17)22-16(23-15)20-12-7-5-4-6-8-12/h4-11,17-18H,1-3H3,(H2,19,20,21,22,23)/b13-9-,17-10?. The van der Waals surface area contributed by atoms with Crippen LogP contribution in [-0.4, -0.2) is 34.3 Å². The lowest BCUT2D eigenvalue weighted by molar-refractivity contribution is 0.862. The van der Waals surface area contributed by atoms with Gasteiger partial charge in [-0.3, -0.25) is 0 Å². The number of allylic oxidation sites excluding steroid dienone is 1. The normalized spacial score (nSPS) is 11.2. The van der Waals surface area contributed by atoms with E-state index in [1.807, 2.05) is 44.2 Å². The summed E-state index contributed by atoms with van der Waals surface area (Å²) in [6, 6.07) is 9.88. The minimum absolute atomic E-state index is 0.194. The summed E-state index contributed by atoms with van der Waals surface area (Å²) in [6.45, 7) is 4.03. The van der Waals surface area contributed by atoms with Gasteiger partial charge in [-0.15, -0.1) is 0 Å². The second-order valence-corrected chi connectivity index (χ2v) is 5.09. The van der Waals surface area contributed by atoms with E-state index in [2.05, 4.69) is 30.9 Å². The van der Waals surface area contributed by atoms with E-state index in [1.165, 1.54) is 6.21 Å². The van der Waals surface area contributed by atoms with Crippen molar-refractivity contribution in [3.8, 4) is 0 Å². The number of rotatable bonds is 7. The Bertz CT molecular complexity index is 680. The maximum Gasteiger partial charge on any atom is 0.232 e. The zero-order chi connectivity index (χ0) is 16.7. The van der Waals surface area contributed by atoms with Crippen LogP contribution in [-0.2, 0) is 0 Å². The monoisotopic (exact) mass is 311 g/mol. The molecule has 0 atom stereocenters. The van der Waals surface area contributed by atoms with Gasteiger partial charge >= 0.3 is 0 Å². The molecule has 0 unspecified atom stereocenters. The van der Waals surface area contributed by atoms with Gasteiger partial charge in [0, 0.05) is 25.0 Å². The van der Waals surface area contributed by atoms with Crippen molar-refractivity contribution in [3.05, 3.63) is 42.2 Å². The molecule has 0 bridgehead atoms. The Kier molecular flexibility index (Phi) is 5.62. The van der Waals surface area contributed by atoms with Gasteiger partial charge in [0.25, 0.3) is 0 Å². The molecule has 4 N–H and O–H groups in total. The summed E-state index contributed by atoms with van der Waals surface area (Å²) in [5, 5.41) is 16.6. The van der Waals surface area contributed by atoms with Crippen LogP contribution in [0.5, 0.6) is 0 Å². The Morgan fingerprint density at radius 3 is 2.39 bits per heavy atom. The van der Waals surface area contributed by atoms with Crippen LogP contribution in [0.1, 0.15) is 19.7 Å². The topological polar surface area (TPSA) is 98.6 Å². The van der Waals surface area contributed by atoms with Crippen LogP contribution >= 0.6 is 0 Å². The largest absolute Gasteiger partial charge is 0.385 e. The van der Waals surface area contributed by atoms with Crippen LogP contribution in [0.25, 0.3) is 5.70 Å². The van der Waals surface area contributed by atoms with Crippen molar-refractivity contribution in [1.82, 2.24) is 20.3 Å². The van der Waals surface area contributed by atoms with Crippen LogP contribution in [0, 0.1) is 5.41 Å². The number of benzene rings is 1. The minimum Gasteiger partial charge on any atom is -0.385 e. The molecule has 7 heteroatoms. The van der Waals surface area contributed by atoms with Gasteiger partial charge in [0.1, 0.15) is 0 Å². The van der Waals surface area contributed by atoms with E-state index >= 15 is 0 Å². The van der Waals surface area contributed by atoms with Crippen molar-refractivity contribution in [2.75, 3.05) is 17.7 Å². The molecule has 0 radical (unpaired) electrons. The van der Waals surface area contributed by atoms with Gasteiger partial charge in [-0.1, -0.05) is 18.2 Å². The molecule has 0 saturated heterocycles. The van der Waals surface area contributed by atoms with Crippen molar-refractivity contribution < 1.29 is 0 Å². The Labute approximate surface area is 135 Å². The maximum absolute atomic E-state index is 7.24. The first kappa shape index (κ1) is 16.4. The Morgan fingerprint density at radius 2 is 1.78 bits per heavy atom. The number of para-hydroxylation sites is 1. The molecule has 0 aliphatic carbocycles. The summed E-state index contributed by atoms with van der Waals surface area (Å²) in [4.78, 5) is 13.2. The van der Waals surface area contributed by atoms with Crippen molar-refractivity contribution in [1.29, 1.82) is 5.41 Å². The molecule has 1 aromatic heterocycles. The summed E-state index contributed by atoms with van der Waals surface area (Å²) in [5.74, 6) is 1.39. The molecule has 23 heavy (non-hydrogen) atoms. The minimum atomic E-state index is 0.194. The Balaban J connectivity index is 2.40. The first-order valence-corrected chi connectivity index (χ1v) is 7.36. The number of hydrogen-bond acceptors (Lipinski definition) is 7. The van der Waals surface area contributed by atoms with E-state index in [9.17, 15) is 0 Å². The predicted molar refractivity (Wildman–Crippen MR) is 94.1 cm³/mol. The molecule has 0 saturated carbocycles. The second-order valence-electron chi connectivity index (χ2n) is 5.09. The number of anilines is 3. The summed E-state index contributed by atoms with van der Waals surface area (Å²) in [5.41, 5.74) is 1.53. The molecule has 0 spiro atoms. The fourth-order valence-corrected chi connectivity index (χ4v) is 1.88. The average molecular weight is 311 g/mol. The summed E-state index contributed by atoms with van der Waals surface area (Å²) < 4.78 is 0. The van der Waals surface area contributed by atoms with E-state index in [-0.39, 0.29) is 6.04 Å². The van der Waals surface area contributed by atoms with Crippen molar-refractivity contribution in [2.24, 2.45) is 0 Å². The van der Waals surface area contributed by atoms with Gasteiger partial charge < -0.3 is 21.4 Å². The van der Waals surface area contributed by atoms with Gasteiger partial charge in [-0.2, -0.15) is 15.0 Å². The number of nitrogens with zero attached hydrogens (tertiary/aromatic N) is 3. The molecule has 120 valence electrons. The van der Waals surface area contributed by atoms with Crippen LogP contribution in [0.3, 0.4) is 0 Å². The van der Waals surface area contributed by atoms with Gasteiger partial charge in [0.2, 0.25) is 11.9 Å². The highest BCUT2D eigenvalue weighted by molar-refractivity contribution is 5.80. The lowest BCUT2D eigenvalue weighted by atomic mass is 10.3. The molecule has 2 rings (SSSR count). The summed E-state index contributed by atoms with van der Waals surface area (Å²) >= 11 is 0. The van der Waals surface area contributed by atoms with Gasteiger partial charge in [0.15, 0.2) is 5.82 Å². The highest BCUT2D eigenvalue weighted by Gasteiger charge is 2.10. The lowest BCUT2D eigenvalue weighted by Crippen LogP contribution is -2.17. The highest BCUT2D eigenvalue weighted by atomic mass is 15.2.